The van der Waals surface area contributed by atoms with Crippen molar-refractivity contribution in [2.75, 3.05) is 44.7 Å². The number of nitrogens with zero attached hydrogens (tertiary/aromatic N) is 3. The highest BCUT2D eigenvalue weighted by molar-refractivity contribution is 5.39. The lowest BCUT2D eigenvalue weighted by molar-refractivity contribution is 0.360. The maximum absolute atomic E-state index is 4.78. The van der Waals surface area contributed by atoms with E-state index < -0.39 is 0 Å². The van der Waals surface area contributed by atoms with E-state index in [4.69, 9.17) is 4.98 Å². The van der Waals surface area contributed by atoms with E-state index in [0.29, 0.717) is 0 Å². The third-order valence-corrected chi connectivity index (χ3v) is 3.57. The van der Waals surface area contributed by atoms with Crippen molar-refractivity contribution < 1.29 is 0 Å². The second kappa shape index (κ2) is 7.46. The molecule has 2 heterocycles. The lowest BCUT2D eigenvalue weighted by Crippen LogP contribution is -2.29. The van der Waals surface area contributed by atoms with Crippen molar-refractivity contribution in [2.24, 2.45) is 0 Å². The van der Waals surface area contributed by atoms with Gasteiger partial charge in [0, 0.05) is 26.2 Å². The zero-order valence-corrected chi connectivity index (χ0v) is 12.2. The Kier molecular flexibility index (Phi) is 5.61. The maximum Gasteiger partial charge on any atom is 0.128 e. The van der Waals surface area contributed by atoms with Gasteiger partial charge in [-0.15, -0.1) is 0 Å². The summed E-state index contributed by atoms with van der Waals surface area (Å²) < 4.78 is 0. The Balaban J connectivity index is 1.97. The smallest absolute Gasteiger partial charge is 0.128 e. The molecular formula is C15H26N4. The summed E-state index contributed by atoms with van der Waals surface area (Å²) in [6.07, 6.45) is 2.38. The van der Waals surface area contributed by atoms with E-state index in [0.717, 1.165) is 50.7 Å². The number of hydrogen-bond acceptors (Lipinski definition) is 4. The third-order valence-electron chi connectivity index (χ3n) is 3.57. The van der Waals surface area contributed by atoms with E-state index in [-0.39, 0.29) is 0 Å². The summed E-state index contributed by atoms with van der Waals surface area (Å²) in [4.78, 5) is 9.58. The van der Waals surface area contributed by atoms with Crippen LogP contribution in [0.25, 0.3) is 0 Å². The van der Waals surface area contributed by atoms with E-state index in [2.05, 4.69) is 47.3 Å². The number of hydrogen-bond donors (Lipinski definition) is 1. The summed E-state index contributed by atoms with van der Waals surface area (Å²) in [7, 11) is 2.20. The van der Waals surface area contributed by atoms with Gasteiger partial charge in [0.1, 0.15) is 5.82 Å². The lowest BCUT2D eigenvalue weighted by atomic mass is 10.3. The largest absolute Gasteiger partial charge is 0.355 e. The van der Waals surface area contributed by atoms with Gasteiger partial charge in [-0.25, -0.2) is 4.98 Å². The predicted octanol–water partition coefficient (Wildman–Crippen LogP) is 1.72. The number of nitrogens with one attached hydrogen (secondary N) is 1. The number of rotatable bonds is 5. The summed E-state index contributed by atoms with van der Waals surface area (Å²) >= 11 is 0. The molecule has 1 aliphatic heterocycles. The predicted molar refractivity (Wildman–Crippen MR) is 80.6 cm³/mol. The van der Waals surface area contributed by atoms with Crippen molar-refractivity contribution >= 4 is 5.82 Å². The van der Waals surface area contributed by atoms with E-state index >= 15 is 0 Å². The summed E-state index contributed by atoms with van der Waals surface area (Å²) in [5.41, 5.74) is 1.14. The van der Waals surface area contributed by atoms with Crippen molar-refractivity contribution in [3.63, 3.8) is 0 Å². The molecule has 0 spiro atoms. The van der Waals surface area contributed by atoms with Crippen LogP contribution in [0.3, 0.4) is 0 Å². The average molecular weight is 262 g/mol. The van der Waals surface area contributed by atoms with Crippen LogP contribution in [0.15, 0.2) is 18.2 Å². The first-order valence-corrected chi connectivity index (χ1v) is 7.39. The second-order valence-electron chi connectivity index (χ2n) is 5.31. The van der Waals surface area contributed by atoms with Crippen LogP contribution in [0, 0.1) is 0 Å². The Bertz CT molecular complexity index is 380. The first-order chi connectivity index (χ1) is 9.29. The fraction of sp³-hybridized carbons (Fsp3) is 0.667. The van der Waals surface area contributed by atoms with Gasteiger partial charge in [0.2, 0.25) is 0 Å². The van der Waals surface area contributed by atoms with E-state index in [1.165, 1.54) is 13.0 Å². The first-order valence-electron chi connectivity index (χ1n) is 7.39. The van der Waals surface area contributed by atoms with Crippen LogP contribution in [0.4, 0.5) is 5.82 Å². The van der Waals surface area contributed by atoms with Crippen molar-refractivity contribution in [3.05, 3.63) is 23.9 Å². The summed E-state index contributed by atoms with van der Waals surface area (Å²) in [5, 5.41) is 3.41. The van der Waals surface area contributed by atoms with Gasteiger partial charge in [-0.2, -0.15) is 0 Å². The van der Waals surface area contributed by atoms with Gasteiger partial charge >= 0.3 is 0 Å². The molecular weight excluding hydrogens is 236 g/mol. The molecule has 1 saturated heterocycles. The third kappa shape index (κ3) is 4.48. The molecule has 1 aromatic heterocycles. The first kappa shape index (κ1) is 14.3. The quantitative estimate of drug-likeness (QED) is 0.819. The molecule has 106 valence electrons. The van der Waals surface area contributed by atoms with E-state index in [9.17, 15) is 0 Å². The zero-order valence-electron chi connectivity index (χ0n) is 12.2. The highest BCUT2D eigenvalue weighted by atomic mass is 15.2. The van der Waals surface area contributed by atoms with Crippen molar-refractivity contribution in [2.45, 2.75) is 26.3 Å². The van der Waals surface area contributed by atoms with Gasteiger partial charge in [-0.3, -0.25) is 0 Å². The van der Waals surface area contributed by atoms with Crippen LogP contribution >= 0.6 is 0 Å². The Morgan fingerprint density at radius 3 is 2.95 bits per heavy atom. The number of pyridine rings is 1. The lowest BCUT2D eigenvalue weighted by Gasteiger charge is -2.22. The number of anilines is 1. The van der Waals surface area contributed by atoms with Gasteiger partial charge in [0.05, 0.1) is 5.69 Å². The zero-order chi connectivity index (χ0) is 13.5. The molecule has 0 aliphatic carbocycles. The molecule has 0 atom stereocenters. The van der Waals surface area contributed by atoms with Crippen molar-refractivity contribution in [1.82, 2.24) is 15.2 Å². The van der Waals surface area contributed by atoms with Crippen LogP contribution in [-0.2, 0) is 6.54 Å². The van der Waals surface area contributed by atoms with Crippen LogP contribution in [0.5, 0.6) is 0 Å². The van der Waals surface area contributed by atoms with Gasteiger partial charge in [-0.1, -0.05) is 13.0 Å². The Morgan fingerprint density at radius 1 is 1.21 bits per heavy atom. The molecule has 4 heteroatoms. The Labute approximate surface area is 116 Å². The SMILES string of the molecule is CCCNCc1cccc(N2CCCN(C)CC2)n1. The molecule has 4 nitrogen and oxygen atoms in total. The highest BCUT2D eigenvalue weighted by Crippen LogP contribution is 2.14. The number of aromatic nitrogens is 1. The molecule has 0 amide bonds. The topological polar surface area (TPSA) is 31.4 Å². The normalized spacial score (nSPS) is 17.5. The van der Waals surface area contributed by atoms with Gasteiger partial charge < -0.3 is 15.1 Å². The van der Waals surface area contributed by atoms with E-state index in [1.54, 1.807) is 0 Å². The Hall–Kier alpha value is -1.13. The van der Waals surface area contributed by atoms with E-state index in [1.807, 2.05) is 0 Å². The molecule has 0 unspecified atom stereocenters. The number of likely N-dealkylation sites (N-methyl/N-ethyl adjacent to an activating group) is 1. The van der Waals surface area contributed by atoms with Crippen molar-refractivity contribution in [3.8, 4) is 0 Å². The van der Waals surface area contributed by atoms with Crippen molar-refractivity contribution in [1.29, 1.82) is 0 Å². The van der Waals surface area contributed by atoms with Gasteiger partial charge in [0.25, 0.3) is 0 Å². The molecule has 1 aromatic rings. The molecule has 1 N–H and O–H groups in total. The van der Waals surface area contributed by atoms with Crippen LogP contribution in [0.1, 0.15) is 25.5 Å². The minimum absolute atomic E-state index is 0.870. The summed E-state index contributed by atoms with van der Waals surface area (Å²) in [5.74, 6) is 1.13. The van der Waals surface area contributed by atoms with Crippen LogP contribution < -0.4 is 10.2 Å². The van der Waals surface area contributed by atoms with Gasteiger partial charge in [0.15, 0.2) is 0 Å². The monoisotopic (exact) mass is 262 g/mol. The average Bonchev–Trinajstić information content (AvgIpc) is 2.64. The molecule has 2 rings (SSSR count). The summed E-state index contributed by atoms with van der Waals surface area (Å²) in [6, 6.07) is 6.37. The van der Waals surface area contributed by atoms with Crippen LogP contribution in [-0.4, -0.2) is 49.7 Å². The fourth-order valence-corrected chi connectivity index (χ4v) is 2.41. The van der Waals surface area contributed by atoms with Crippen LogP contribution in [0.2, 0.25) is 0 Å². The fourth-order valence-electron chi connectivity index (χ4n) is 2.41. The maximum atomic E-state index is 4.78. The minimum Gasteiger partial charge on any atom is -0.355 e. The summed E-state index contributed by atoms with van der Waals surface area (Å²) in [6.45, 7) is 8.62. The molecule has 0 radical (unpaired) electrons. The second-order valence-corrected chi connectivity index (χ2v) is 5.31. The minimum atomic E-state index is 0.870. The standard InChI is InChI=1S/C15H26N4/c1-3-8-16-13-14-6-4-7-15(17-14)19-10-5-9-18(2)11-12-19/h4,6-7,16H,3,5,8-13H2,1-2H3. The molecule has 19 heavy (non-hydrogen) atoms. The molecule has 0 saturated carbocycles. The molecule has 0 bridgehead atoms. The van der Waals surface area contributed by atoms with Gasteiger partial charge in [-0.05, 0) is 45.1 Å². The highest BCUT2D eigenvalue weighted by Gasteiger charge is 2.13. The Morgan fingerprint density at radius 2 is 2.11 bits per heavy atom. The molecule has 1 fully saturated rings. The molecule has 1 aliphatic rings. The molecule has 0 aromatic carbocycles.